The van der Waals surface area contributed by atoms with Gasteiger partial charge in [-0.1, -0.05) is 30.3 Å². The molecule has 1 aliphatic rings. The van der Waals surface area contributed by atoms with Gasteiger partial charge in [0.25, 0.3) is 0 Å². The van der Waals surface area contributed by atoms with Gasteiger partial charge in [0.15, 0.2) is 0 Å². The normalized spacial score (nSPS) is 14.4. The molecule has 0 heterocycles. The highest BCUT2D eigenvalue weighted by Gasteiger charge is 2.36. The van der Waals surface area contributed by atoms with Crippen LogP contribution in [-0.2, 0) is 23.9 Å². The van der Waals surface area contributed by atoms with E-state index < -0.39 is 17.6 Å². The van der Waals surface area contributed by atoms with Crippen LogP contribution in [0.4, 0.5) is 17.6 Å². The SMILES string of the molecule is O=C(Cc1ccc(F)cc1)N(Cc1ccccc1C(F)(F)F)C1CC1. The van der Waals surface area contributed by atoms with Crippen molar-refractivity contribution in [3.05, 3.63) is 71.0 Å². The summed E-state index contributed by atoms with van der Waals surface area (Å²) in [6.45, 7) is -0.0691. The second-order valence-electron chi connectivity index (χ2n) is 6.21. The Morgan fingerprint density at radius 2 is 1.68 bits per heavy atom. The zero-order valence-corrected chi connectivity index (χ0v) is 13.4. The molecule has 0 saturated heterocycles. The maximum absolute atomic E-state index is 13.2. The van der Waals surface area contributed by atoms with Crippen LogP contribution in [-0.4, -0.2) is 16.8 Å². The van der Waals surface area contributed by atoms with Crippen molar-refractivity contribution in [2.45, 2.75) is 38.0 Å². The van der Waals surface area contributed by atoms with Gasteiger partial charge in [0.2, 0.25) is 5.91 Å². The van der Waals surface area contributed by atoms with E-state index in [9.17, 15) is 22.4 Å². The molecule has 0 aliphatic heterocycles. The van der Waals surface area contributed by atoms with Gasteiger partial charge in [-0.3, -0.25) is 4.79 Å². The highest BCUT2D eigenvalue weighted by molar-refractivity contribution is 5.79. The van der Waals surface area contributed by atoms with Gasteiger partial charge >= 0.3 is 6.18 Å². The quantitative estimate of drug-likeness (QED) is 0.722. The lowest BCUT2D eigenvalue weighted by Gasteiger charge is -2.24. The summed E-state index contributed by atoms with van der Waals surface area (Å²) in [5.41, 5.74) is 0.0192. The zero-order valence-electron chi connectivity index (χ0n) is 13.4. The number of nitrogens with zero attached hydrogens (tertiary/aromatic N) is 1. The molecule has 0 bridgehead atoms. The van der Waals surface area contributed by atoms with Crippen molar-refractivity contribution in [2.75, 3.05) is 0 Å². The lowest BCUT2D eigenvalue weighted by atomic mass is 10.1. The van der Waals surface area contributed by atoms with E-state index >= 15 is 0 Å². The highest BCUT2D eigenvalue weighted by Crippen LogP contribution is 2.35. The molecular weight excluding hydrogens is 334 g/mol. The standard InChI is InChI=1S/C19H17F4NO/c20-15-7-5-13(6-8-15)11-18(25)24(16-9-10-16)12-14-3-1-2-4-17(14)19(21,22)23/h1-8,16H,9-12H2. The summed E-state index contributed by atoms with van der Waals surface area (Å²) in [6.07, 6.45) is -2.82. The molecule has 0 N–H and O–H groups in total. The average molecular weight is 351 g/mol. The molecule has 25 heavy (non-hydrogen) atoms. The van der Waals surface area contributed by atoms with Gasteiger partial charge in [-0.15, -0.1) is 0 Å². The third-order valence-corrected chi connectivity index (χ3v) is 4.24. The van der Waals surface area contributed by atoms with E-state index in [-0.39, 0.29) is 30.5 Å². The van der Waals surface area contributed by atoms with E-state index in [1.807, 2.05) is 0 Å². The molecule has 1 saturated carbocycles. The number of amides is 1. The maximum atomic E-state index is 13.2. The second kappa shape index (κ2) is 6.86. The lowest BCUT2D eigenvalue weighted by molar-refractivity contribution is -0.140. The van der Waals surface area contributed by atoms with Crippen LogP contribution in [0.5, 0.6) is 0 Å². The molecule has 2 aromatic carbocycles. The van der Waals surface area contributed by atoms with Crippen LogP contribution < -0.4 is 0 Å². The molecular formula is C19H17F4NO. The Kier molecular flexibility index (Phi) is 4.79. The number of hydrogen-bond donors (Lipinski definition) is 0. The summed E-state index contributed by atoms with van der Waals surface area (Å²) in [6, 6.07) is 10.9. The van der Waals surface area contributed by atoms with Crippen molar-refractivity contribution in [1.82, 2.24) is 4.90 Å². The second-order valence-corrected chi connectivity index (χ2v) is 6.21. The van der Waals surface area contributed by atoms with Crippen molar-refractivity contribution in [3.63, 3.8) is 0 Å². The summed E-state index contributed by atoms with van der Waals surface area (Å²) in [4.78, 5) is 14.1. The van der Waals surface area contributed by atoms with E-state index in [1.54, 1.807) is 6.07 Å². The summed E-state index contributed by atoms with van der Waals surface area (Å²) in [5.74, 6) is -0.638. The van der Waals surface area contributed by atoms with Gasteiger partial charge in [0.1, 0.15) is 5.82 Å². The van der Waals surface area contributed by atoms with Gasteiger partial charge < -0.3 is 4.90 Å². The van der Waals surface area contributed by atoms with Gasteiger partial charge in [-0.05, 0) is 42.2 Å². The monoisotopic (exact) mass is 351 g/mol. The molecule has 0 atom stereocenters. The summed E-state index contributed by atoms with van der Waals surface area (Å²) in [5, 5.41) is 0. The van der Waals surface area contributed by atoms with Crippen LogP contribution in [0.3, 0.4) is 0 Å². The van der Waals surface area contributed by atoms with Gasteiger partial charge in [-0.25, -0.2) is 4.39 Å². The van der Waals surface area contributed by atoms with Crippen molar-refractivity contribution in [1.29, 1.82) is 0 Å². The molecule has 0 aromatic heterocycles. The Morgan fingerprint density at radius 3 is 2.28 bits per heavy atom. The predicted octanol–water partition coefficient (Wildman–Crippen LogP) is 4.58. The number of rotatable bonds is 5. The predicted molar refractivity (Wildman–Crippen MR) is 85.1 cm³/mol. The maximum Gasteiger partial charge on any atom is 0.416 e. The van der Waals surface area contributed by atoms with E-state index in [4.69, 9.17) is 0 Å². The largest absolute Gasteiger partial charge is 0.416 e. The minimum absolute atomic E-state index is 0.0192. The molecule has 2 nitrogen and oxygen atoms in total. The van der Waals surface area contributed by atoms with Crippen molar-refractivity contribution in [2.24, 2.45) is 0 Å². The molecule has 6 heteroatoms. The number of alkyl halides is 3. The van der Waals surface area contributed by atoms with E-state index in [0.29, 0.717) is 5.56 Å². The molecule has 132 valence electrons. The van der Waals surface area contributed by atoms with Gasteiger partial charge in [-0.2, -0.15) is 13.2 Å². The minimum Gasteiger partial charge on any atom is -0.335 e. The molecule has 0 radical (unpaired) electrons. The van der Waals surface area contributed by atoms with E-state index in [0.717, 1.165) is 18.9 Å². The van der Waals surface area contributed by atoms with Crippen LogP contribution in [0.2, 0.25) is 0 Å². The number of carbonyl (C=O) groups excluding carboxylic acids is 1. The fraction of sp³-hybridized carbons (Fsp3) is 0.316. The fourth-order valence-electron chi connectivity index (χ4n) is 2.80. The Bertz CT molecular complexity index is 751. The Balaban J connectivity index is 1.78. The number of benzene rings is 2. The summed E-state index contributed by atoms with van der Waals surface area (Å²) < 4.78 is 52.4. The fourth-order valence-corrected chi connectivity index (χ4v) is 2.80. The molecule has 0 spiro atoms. The number of carbonyl (C=O) groups is 1. The summed E-state index contributed by atoms with van der Waals surface area (Å²) in [7, 11) is 0. The molecule has 1 amide bonds. The van der Waals surface area contributed by atoms with Crippen LogP contribution in [0.25, 0.3) is 0 Å². The first-order valence-electron chi connectivity index (χ1n) is 8.03. The summed E-state index contributed by atoms with van der Waals surface area (Å²) >= 11 is 0. The highest BCUT2D eigenvalue weighted by atomic mass is 19.4. The third kappa shape index (κ3) is 4.38. The lowest BCUT2D eigenvalue weighted by Crippen LogP contribution is -2.34. The Labute approximate surface area is 143 Å². The molecule has 0 unspecified atom stereocenters. The van der Waals surface area contributed by atoms with E-state index in [1.165, 1.54) is 41.3 Å². The van der Waals surface area contributed by atoms with E-state index in [2.05, 4.69) is 0 Å². The Hall–Kier alpha value is -2.37. The smallest absolute Gasteiger partial charge is 0.335 e. The number of hydrogen-bond acceptors (Lipinski definition) is 1. The van der Waals surface area contributed by atoms with Crippen molar-refractivity contribution >= 4 is 5.91 Å². The van der Waals surface area contributed by atoms with Crippen LogP contribution in [0, 0.1) is 5.82 Å². The minimum atomic E-state index is -4.45. The van der Waals surface area contributed by atoms with Gasteiger partial charge in [0, 0.05) is 12.6 Å². The van der Waals surface area contributed by atoms with Crippen LogP contribution >= 0.6 is 0 Å². The first-order valence-corrected chi connectivity index (χ1v) is 8.03. The molecule has 1 fully saturated rings. The topological polar surface area (TPSA) is 20.3 Å². The molecule has 2 aromatic rings. The first-order chi connectivity index (χ1) is 11.8. The molecule has 1 aliphatic carbocycles. The van der Waals surface area contributed by atoms with Crippen molar-refractivity contribution in [3.8, 4) is 0 Å². The van der Waals surface area contributed by atoms with Crippen LogP contribution in [0.1, 0.15) is 29.5 Å². The van der Waals surface area contributed by atoms with Gasteiger partial charge in [0.05, 0.1) is 12.0 Å². The van der Waals surface area contributed by atoms with Crippen LogP contribution in [0.15, 0.2) is 48.5 Å². The third-order valence-electron chi connectivity index (χ3n) is 4.24. The van der Waals surface area contributed by atoms with Crippen molar-refractivity contribution < 1.29 is 22.4 Å². The first kappa shape index (κ1) is 17.5. The average Bonchev–Trinajstić information content (AvgIpc) is 3.39. The zero-order chi connectivity index (χ0) is 18.0. The Morgan fingerprint density at radius 1 is 1.04 bits per heavy atom. The number of halogens is 4. The molecule has 3 rings (SSSR count).